The molecule has 0 aromatic heterocycles. The zero-order chi connectivity index (χ0) is 10.9. The highest BCUT2D eigenvalue weighted by molar-refractivity contribution is 5.90. The maximum absolute atomic E-state index is 10.7. The molecule has 0 aliphatic carbocycles. The second-order valence-corrected chi connectivity index (χ2v) is 3.02. The summed E-state index contributed by atoms with van der Waals surface area (Å²) in [6.45, 7) is 3.06. The molecule has 0 spiro atoms. The van der Waals surface area contributed by atoms with Gasteiger partial charge in [0.1, 0.15) is 0 Å². The molecule has 0 heterocycles. The third kappa shape index (κ3) is 1.71. The maximum Gasteiger partial charge on any atom is 0.335 e. The molecule has 5 heteroatoms. The summed E-state index contributed by atoms with van der Waals surface area (Å²) in [5.41, 5.74) is 0.813. The van der Waals surface area contributed by atoms with Gasteiger partial charge in [-0.2, -0.15) is 0 Å². The van der Waals surface area contributed by atoms with Crippen LogP contribution in [0.15, 0.2) is 12.1 Å². The van der Waals surface area contributed by atoms with Crippen LogP contribution in [-0.2, 0) is 0 Å². The summed E-state index contributed by atoms with van der Waals surface area (Å²) < 4.78 is 0. The maximum atomic E-state index is 10.7. The fourth-order valence-corrected chi connectivity index (χ4v) is 1.23. The van der Waals surface area contributed by atoms with Gasteiger partial charge in [-0.3, -0.25) is 10.1 Å². The molecule has 0 aliphatic rings. The molecule has 0 fully saturated rings. The summed E-state index contributed by atoms with van der Waals surface area (Å²) in [6, 6.07) is 2.59. The van der Waals surface area contributed by atoms with Gasteiger partial charge in [-0.05, 0) is 25.5 Å². The third-order valence-electron chi connectivity index (χ3n) is 1.97. The normalized spacial score (nSPS) is 9.86. The number of nitro groups is 1. The van der Waals surface area contributed by atoms with E-state index in [9.17, 15) is 14.9 Å². The number of carboxylic acid groups (broad SMARTS) is 1. The Bertz CT molecular complexity index is 372. The lowest BCUT2D eigenvalue weighted by atomic mass is 10.0. The molecule has 1 aromatic rings. The van der Waals surface area contributed by atoms with E-state index in [4.69, 9.17) is 5.11 Å². The minimum atomic E-state index is -1.07. The molecule has 0 aliphatic heterocycles. The molecule has 1 rings (SSSR count). The van der Waals surface area contributed by atoms with Crippen molar-refractivity contribution in [1.82, 2.24) is 0 Å². The summed E-state index contributed by atoms with van der Waals surface area (Å²) >= 11 is 0. The van der Waals surface area contributed by atoms with Crippen LogP contribution in [-0.4, -0.2) is 16.0 Å². The van der Waals surface area contributed by atoms with Crippen molar-refractivity contribution >= 4 is 11.7 Å². The van der Waals surface area contributed by atoms with Gasteiger partial charge in [0.05, 0.1) is 10.5 Å². The van der Waals surface area contributed by atoms with Crippen molar-refractivity contribution in [3.63, 3.8) is 0 Å². The fraction of sp³-hybridized carbons (Fsp3) is 0.222. The summed E-state index contributed by atoms with van der Waals surface area (Å²) in [5, 5.41) is 19.3. The average molecular weight is 195 g/mol. The largest absolute Gasteiger partial charge is 0.478 e. The zero-order valence-electron chi connectivity index (χ0n) is 7.77. The first-order valence-electron chi connectivity index (χ1n) is 3.92. The average Bonchev–Trinajstić information content (AvgIpc) is 2.07. The predicted octanol–water partition coefficient (Wildman–Crippen LogP) is 1.91. The number of nitro benzene ring substituents is 1. The van der Waals surface area contributed by atoms with Crippen molar-refractivity contribution in [1.29, 1.82) is 0 Å². The van der Waals surface area contributed by atoms with E-state index in [1.165, 1.54) is 26.0 Å². The number of nitrogens with zero attached hydrogens (tertiary/aromatic N) is 1. The van der Waals surface area contributed by atoms with Gasteiger partial charge < -0.3 is 5.11 Å². The molecule has 0 bridgehead atoms. The van der Waals surface area contributed by atoms with Gasteiger partial charge in [-0.25, -0.2) is 4.79 Å². The first kappa shape index (κ1) is 10.2. The summed E-state index contributed by atoms with van der Waals surface area (Å²) in [5.74, 6) is -1.07. The van der Waals surface area contributed by atoms with Crippen molar-refractivity contribution in [3.8, 4) is 0 Å². The molecule has 74 valence electrons. The highest BCUT2D eigenvalue weighted by atomic mass is 16.6. The number of hydrogen-bond donors (Lipinski definition) is 1. The van der Waals surface area contributed by atoms with Crippen molar-refractivity contribution < 1.29 is 14.8 Å². The van der Waals surface area contributed by atoms with Gasteiger partial charge in [-0.1, -0.05) is 0 Å². The van der Waals surface area contributed by atoms with Crippen LogP contribution in [0.25, 0.3) is 0 Å². The number of benzene rings is 1. The van der Waals surface area contributed by atoms with Crippen molar-refractivity contribution in [2.75, 3.05) is 0 Å². The van der Waals surface area contributed by atoms with Crippen LogP contribution in [0, 0.1) is 24.0 Å². The Hall–Kier alpha value is -1.91. The predicted molar refractivity (Wildman–Crippen MR) is 49.5 cm³/mol. The van der Waals surface area contributed by atoms with Crippen LogP contribution >= 0.6 is 0 Å². The van der Waals surface area contributed by atoms with E-state index in [2.05, 4.69) is 0 Å². The summed E-state index contributed by atoms with van der Waals surface area (Å²) in [7, 11) is 0. The van der Waals surface area contributed by atoms with E-state index >= 15 is 0 Å². The Kier molecular flexibility index (Phi) is 2.51. The summed E-state index contributed by atoms with van der Waals surface area (Å²) in [4.78, 5) is 20.7. The monoisotopic (exact) mass is 195 g/mol. The summed E-state index contributed by atoms with van der Waals surface area (Å²) in [6.07, 6.45) is 0. The van der Waals surface area contributed by atoms with Crippen LogP contribution in [0.2, 0.25) is 0 Å². The van der Waals surface area contributed by atoms with E-state index < -0.39 is 10.9 Å². The van der Waals surface area contributed by atoms with Crippen LogP contribution in [0.1, 0.15) is 21.5 Å². The minimum Gasteiger partial charge on any atom is -0.478 e. The highest BCUT2D eigenvalue weighted by Gasteiger charge is 2.16. The molecule has 1 N–H and O–H groups in total. The smallest absolute Gasteiger partial charge is 0.335 e. The number of aromatic carboxylic acids is 1. The topological polar surface area (TPSA) is 80.4 Å². The molecule has 14 heavy (non-hydrogen) atoms. The van der Waals surface area contributed by atoms with Crippen LogP contribution in [0.3, 0.4) is 0 Å². The lowest BCUT2D eigenvalue weighted by Crippen LogP contribution is -2.02. The Labute approximate surface area is 80.1 Å². The Morgan fingerprint density at radius 1 is 1.36 bits per heavy atom. The van der Waals surface area contributed by atoms with E-state index in [1.54, 1.807) is 0 Å². The Morgan fingerprint density at radius 2 is 1.93 bits per heavy atom. The van der Waals surface area contributed by atoms with E-state index in [1.807, 2.05) is 0 Å². The fourth-order valence-electron chi connectivity index (χ4n) is 1.23. The second-order valence-electron chi connectivity index (χ2n) is 3.02. The van der Waals surface area contributed by atoms with E-state index in [-0.39, 0.29) is 11.3 Å². The molecular weight excluding hydrogens is 186 g/mol. The van der Waals surface area contributed by atoms with Crippen LogP contribution in [0.4, 0.5) is 5.69 Å². The quantitative estimate of drug-likeness (QED) is 0.577. The van der Waals surface area contributed by atoms with Crippen molar-refractivity contribution in [2.24, 2.45) is 0 Å². The van der Waals surface area contributed by atoms with Gasteiger partial charge in [0.15, 0.2) is 0 Å². The standard InChI is InChI=1S/C9H9NO4/c1-5-4-8(10(13)14)6(2)3-7(5)9(11)12/h3-4H,1-2H3,(H,11,12). The van der Waals surface area contributed by atoms with Gasteiger partial charge in [0.25, 0.3) is 5.69 Å². The third-order valence-corrected chi connectivity index (χ3v) is 1.97. The molecule has 0 atom stereocenters. The van der Waals surface area contributed by atoms with Crippen molar-refractivity contribution in [2.45, 2.75) is 13.8 Å². The number of carboxylic acids is 1. The van der Waals surface area contributed by atoms with E-state index in [0.717, 1.165) is 0 Å². The van der Waals surface area contributed by atoms with Gasteiger partial charge in [-0.15, -0.1) is 0 Å². The minimum absolute atomic E-state index is 0.0486. The van der Waals surface area contributed by atoms with Crippen molar-refractivity contribution in [3.05, 3.63) is 38.9 Å². The first-order chi connectivity index (χ1) is 6.43. The Morgan fingerprint density at radius 3 is 2.36 bits per heavy atom. The lowest BCUT2D eigenvalue weighted by Gasteiger charge is -2.02. The molecule has 0 radical (unpaired) electrons. The molecule has 0 saturated heterocycles. The highest BCUT2D eigenvalue weighted by Crippen LogP contribution is 2.22. The van der Waals surface area contributed by atoms with Gasteiger partial charge >= 0.3 is 5.97 Å². The van der Waals surface area contributed by atoms with Gasteiger partial charge in [0.2, 0.25) is 0 Å². The van der Waals surface area contributed by atoms with Crippen LogP contribution < -0.4 is 0 Å². The molecule has 0 amide bonds. The number of carbonyl (C=O) groups is 1. The Balaban J connectivity index is 3.38. The molecule has 1 aromatic carbocycles. The molecule has 0 unspecified atom stereocenters. The lowest BCUT2D eigenvalue weighted by molar-refractivity contribution is -0.385. The number of rotatable bonds is 2. The van der Waals surface area contributed by atoms with Gasteiger partial charge in [0, 0.05) is 11.6 Å². The number of hydrogen-bond acceptors (Lipinski definition) is 3. The SMILES string of the molecule is Cc1cc([N+](=O)[O-])c(C)cc1C(=O)O. The number of aryl methyl sites for hydroxylation is 2. The first-order valence-corrected chi connectivity index (χ1v) is 3.92. The van der Waals surface area contributed by atoms with Crippen LogP contribution in [0.5, 0.6) is 0 Å². The molecule has 0 saturated carbocycles. The van der Waals surface area contributed by atoms with E-state index in [0.29, 0.717) is 11.1 Å². The second kappa shape index (κ2) is 3.45. The molecular formula is C9H9NO4. The zero-order valence-corrected chi connectivity index (χ0v) is 7.77. The molecule has 5 nitrogen and oxygen atoms in total.